The fourth-order valence-corrected chi connectivity index (χ4v) is 1.53. The maximum absolute atomic E-state index is 12.8. The number of aromatic nitrogens is 1. The Kier molecular flexibility index (Phi) is 3.14. The number of aldehydes is 1. The van der Waals surface area contributed by atoms with Crippen molar-refractivity contribution in [1.82, 2.24) is 4.98 Å². The van der Waals surface area contributed by atoms with Crippen LogP contribution < -0.4 is 4.74 Å². The summed E-state index contributed by atoms with van der Waals surface area (Å²) in [7, 11) is 1.48. The molecule has 0 aliphatic rings. The number of carbonyl (C=O) groups is 1. The van der Waals surface area contributed by atoms with Crippen LogP contribution in [0.2, 0.25) is 0 Å². The molecule has 4 heteroatoms. The van der Waals surface area contributed by atoms with Gasteiger partial charge in [0.05, 0.1) is 7.11 Å². The predicted molar refractivity (Wildman–Crippen MR) is 61.6 cm³/mol. The van der Waals surface area contributed by atoms with E-state index in [-0.39, 0.29) is 5.82 Å². The number of rotatable bonds is 3. The second-order valence-electron chi connectivity index (χ2n) is 3.42. The Hall–Kier alpha value is -2.23. The molecule has 0 saturated heterocycles. The predicted octanol–water partition coefficient (Wildman–Crippen LogP) is 2.71. The molecule has 0 radical (unpaired) electrons. The highest BCUT2D eigenvalue weighted by molar-refractivity contribution is 5.76. The summed E-state index contributed by atoms with van der Waals surface area (Å²) in [4.78, 5) is 14.6. The topological polar surface area (TPSA) is 39.2 Å². The molecule has 1 aromatic carbocycles. The zero-order chi connectivity index (χ0) is 12.3. The molecule has 17 heavy (non-hydrogen) atoms. The van der Waals surface area contributed by atoms with E-state index >= 15 is 0 Å². The van der Waals surface area contributed by atoms with Crippen LogP contribution in [0.25, 0.3) is 11.1 Å². The first kappa shape index (κ1) is 11.3. The van der Waals surface area contributed by atoms with E-state index < -0.39 is 0 Å². The molecular formula is C13H10FNO2. The molecule has 0 aliphatic heterocycles. The van der Waals surface area contributed by atoms with Gasteiger partial charge in [-0.1, -0.05) is 12.1 Å². The van der Waals surface area contributed by atoms with Crippen LogP contribution in [0, 0.1) is 5.82 Å². The van der Waals surface area contributed by atoms with E-state index in [4.69, 9.17) is 4.74 Å². The molecule has 1 aromatic heterocycles. The minimum absolute atomic E-state index is 0.299. The molecule has 1 heterocycles. The van der Waals surface area contributed by atoms with Crippen LogP contribution in [0.1, 0.15) is 10.5 Å². The van der Waals surface area contributed by atoms with Crippen LogP contribution in [0.15, 0.2) is 36.4 Å². The Labute approximate surface area is 97.9 Å². The quantitative estimate of drug-likeness (QED) is 0.762. The van der Waals surface area contributed by atoms with Crippen LogP contribution in [-0.2, 0) is 0 Å². The summed E-state index contributed by atoms with van der Waals surface area (Å²) >= 11 is 0. The van der Waals surface area contributed by atoms with Crippen LogP contribution in [0.3, 0.4) is 0 Å². The van der Waals surface area contributed by atoms with E-state index in [0.717, 1.165) is 11.1 Å². The molecule has 2 rings (SSSR count). The van der Waals surface area contributed by atoms with E-state index in [9.17, 15) is 9.18 Å². The average Bonchev–Trinajstić information content (AvgIpc) is 2.39. The van der Waals surface area contributed by atoms with Gasteiger partial charge in [0, 0.05) is 5.56 Å². The van der Waals surface area contributed by atoms with Gasteiger partial charge < -0.3 is 4.74 Å². The Morgan fingerprint density at radius 3 is 2.47 bits per heavy atom. The van der Waals surface area contributed by atoms with Gasteiger partial charge in [0.15, 0.2) is 6.29 Å². The third-order valence-corrected chi connectivity index (χ3v) is 2.35. The van der Waals surface area contributed by atoms with Gasteiger partial charge in [-0.25, -0.2) is 9.37 Å². The Morgan fingerprint density at radius 1 is 1.18 bits per heavy atom. The molecule has 3 nitrogen and oxygen atoms in total. The Balaban J connectivity index is 2.51. The number of hydrogen-bond acceptors (Lipinski definition) is 3. The number of hydrogen-bond donors (Lipinski definition) is 0. The van der Waals surface area contributed by atoms with Crippen molar-refractivity contribution in [1.29, 1.82) is 0 Å². The zero-order valence-corrected chi connectivity index (χ0v) is 9.18. The van der Waals surface area contributed by atoms with E-state index in [0.29, 0.717) is 17.9 Å². The fourth-order valence-electron chi connectivity index (χ4n) is 1.53. The summed E-state index contributed by atoms with van der Waals surface area (Å²) in [6, 6.07) is 9.31. The normalized spacial score (nSPS) is 10.0. The second kappa shape index (κ2) is 4.74. The van der Waals surface area contributed by atoms with E-state index in [2.05, 4.69) is 4.98 Å². The molecule has 0 amide bonds. The summed E-state index contributed by atoms with van der Waals surface area (Å²) < 4.78 is 17.9. The van der Waals surface area contributed by atoms with Crippen molar-refractivity contribution < 1.29 is 13.9 Å². The average molecular weight is 231 g/mol. The lowest BCUT2D eigenvalue weighted by Gasteiger charge is -2.07. The molecule has 2 aromatic rings. The second-order valence-corrected chi connectivity index (χ2v) is 3.42. The molecule has 0 N–H and O–H groups in total. The minimum Gasteiger partial charge on any atom is -0.481 e. The van der Waals surface area contributed by atoms with E-state index in [1.807, 2.05) is 0 Å². The fraction of sp³-hybridized carbons (Fsp3) is 0.0769. The molecular weight excluding hydrogens is 221 g/mol. The molecule has 86 valence electrons. The van der Waals surface area contributed by atoms with Crippen molar-refractivity contribution in [2.75, 3.05) is 7.11 Å². The summed E-state index contributed by atoms with van der Waals surface area (Å²) in [5, 5.41) is 0. The van der Waals surface area contributed by atoms with Gasteiger partial charge in [-0.05, 0) is 29.8 Å². The lowest BCUT2D eigenvalue weighted by molar-refractivity contribution is 0.111. The van der Waals surface area contributed by atoms with Gasteiger partial charge in [-0.3, -0.25) is 4.79 Å². The van der Waals surface area contributed by atoms with Gasteiger partial charge in [0.2, 0.25) is 5.88 Å². The third-order valence-electron chi connectivity index (χ3n) is 2.35. The summed E-state index contributed by atoms with van der Waals surface area (Å²) in [5.74, 6) is 0.0476. The monoisotopic (exact) mass is 231 g/mol. The standard InChI is InChI=1S/C13H10FNO2/c1-17-13-12(7-6-11(8-16)15-13)9-2-4-10(14)5-3-9/h2-8H,1H3. The lowest BCUT2D eigenvalue weighted by Crippen LogP contribution is -1.95. The molecule has 0 fully saturated rings. The number of methoxy groups -OCH3 is 1. The SMILES string of the molecule is COc1nc(C=O)ccc1-c1ccc(F)cc1. The summed E-state index contributed by atoms with van der Waals surface area (Å²) in [6.07, 6.45) is 0.650. The Bertz CT molecular complexity index is 538. The van der Waals surface area contributed by atoms with E-state index in [1.54, 1.807) is 24.3 Å². The number of nitrogens with zero attached hydrogens (tertiary/aromatic N) is 1. The van der Waals surface area contributed by atoms with Crippen LogP contribution in [-0.4, -0.2) is 18.4 Å². The molecule has 0 bridgehead atoms. The van der Waals surface area contributed by atoms with Crippen molar-refractivity contribution >= 4 is 6.29 Å². The number of carbonyl (C=O) groups excluding carboxylic acids is 1. The van der Waals surface area contributed by atoms with Crippen LogP contribution >= 0.6 is 0 Å². The summed E-state index contributed by atoms with van der Waals surface area (Å²) in [6.45, 7) is 0. The van der Waals surface area contributed by atoms with Crippen molar-refractivity contribution in [3.63, 3.8) is 0 Å². The van der Waals surface area contributed by atoms with Crippen molar-refractivity contribution in [2.24, 2.45) is 0 Å². The number of halogens is 1. The molecule has 0 saturated carbocycles. The van der Waals surface area contributed by atoms with Gasteiger partial charge in [-0.2, -0.15) is 0 Å². The molecule has 0 spiro atoms. The maximum atomic E-state index is 12.8. The number of pyridine rings is 1. The van der Waals surface area contributed by atoms with Gasteiger partial charge >= 0.3 is 0 Å². The van der Waals surface area contributed by atoms with Crippen molar-refractivity contribution in [2.45, 2.75) is 0 Å². The minimum atomic E-state index is -0.301. The van der Waals surface area contributed by atoms with Gasteiger partial charge in [0.1, 0.15) is 11.5 Å². The highest BCUT2D eigenvalue weighted by Crippen LogP contribution is 2.28. The highest BCUT2D eigenvalue weighted by Gasteiger charge is 2.08. The molecule has 0 unspecified atom stereocenters. The first-order valence-corrected chi connectivity index (χ1v) is 5.00. The van der Waals surface area contributed by atoms with E-state index in [1.165, 1.54) is 19.2 Å². The van der Waals surface area contributed by atoms with Crippen LogP contribution in [0.4, 0.5) is 4.39 Å². The van der Waals surface area contributed by atoms with Crippen molar-refractivity contribution in [3.05, 3.63) is 47.9 Å². The largest absolute Gasteiger partial charge is 0.481 e. The third kappa shape index (κ3) is 2.30. The van der Waals surface area contributed by atoms with Gasteiger partial charge in [0.25, 0.3) is 0 Å². The first-order valence-electron chi connectivity index (χ1n) is 5.00. The summed E-state index contributed by atoms with van der Waals surface area (Å²) in [5.41, 5.74) is 1.80. The molecule has 0 atom stereocenters. The highest BCUT2D eigenvalue weighted by atomic mass is 19.1. The lowest BCUT2D eigenvalue weighted by atomic mass is 10.1. The number of ether oxygens (including phenoxy) is 1. The first-order chi connectivity index (χ1) is 8.24. The maximum Gasteiger partial charge on any atom is 0.221 e. The van der Waals surface area contributed by atoms with Crippen molar-refractivity contribution in [3.8, 4) is 17.0 Å². The Morgan fingerprint density at radius 2 is 1.88 bits per heavy atom. The smallest absolute Gasteiger partial charge is 0.221 e. The van der Waals surface area contributed by atoms with Crippen LogP contribution in [0.5, 0.6) is 5.88 Å². The van der Waals surface area contributed by atoms with Gasteiger partial charge in [-0.15, -0.1) is 0 Å². The molecule has 0 aliphatic carbocycles. The zero-order valence-electron chi connectivity index (χ0n) is 9.18. The number of benzene rings is 1.